The molecule has 1 aromatic rings. The Kier molecular flexibility index (Phi) is 3.25. The van der Waals surface area contributed by atoms with Crippen LogP contribution in [0.25, 0.3) is 0 Å². The van der Waals surface area contributed by atoms with Gasteiger partial charge in [0, 0.05) is 17.0 Å². The third kappa shape index (κ3) is 2.69. The van der Waals surface area contributed by atoms with Gasteiger partial charge in [0.1, 0.15) is 0 Å². The summed E-state index contributed by atoms with van der Waals surface area (Å²) in [5, 5.41) is 4.39. The highest BCUT2D eigenvalue weighted by Crippen LogP contribution is 2.29. The van der Waals surface area contributed by atoms with E-state index in [4.69, 9.17) is 0 Å². The van der Waals surface area contributed by atoms with Gasteiger partial charge in [0.25, 0.3) is 0 Å². The predicted molar refractivity (Wildman–Crippen MR) is 69.9 cm³/mol. The molecular formula is C13H19NS. The van der Waals surface area contributed by atoms with E-state index in [0.29, 0.717) is 6.04 Å². The summed E-state index contributed by atoms with van der Waals surface area (Å²) in [5.74, 6) is 1.30. The molecule has 1 aliphatic rings. The molecule has 1 heterocycles. The molecule has 1 fully saturated rings. The smallest absolute Gasteiger partial charge is 0.0385 e. The summed E-state index contributed by atoms with van der Waals surface area (Å²) >= 11 is 2.07. The van der Waals surface area contributed by atoms with Crippen LogP contribution < -0.4 is 5.32 Å². The van der Waals surface area contributed by atoms with Gasteiger partial charge >= 0.3 is 0 Å². The monoisotopic (exact) mass is 221 g/mol. The normalized spacial score (nSPS) is 25.5. The average molecular weight is 221 g/mol. The summed E-state index contributed by atoms with van der Waals surface area (Å²) in [4.78, 5) is 0. The maximum Gasteiger partial charge on any atom is 0.0385 e. The van der Waals surface area contributed by atoms with Gasteiger partial charge in [-0.25, -0.2) is 0 Å². The number of hydrogen-bond donors (Lipinski definition) is 1. The van der Waals surface area contributed by atoms with Crippen LogP contribution in [0, 0.1) is 13.8 Å². The second-order valence-electron chi connectivity index (χ2n) is 4.49. The van der Waals surface area contributed by atoms with E-state index in [1.54, 1.807) is 0 Å². The summed E-state index contributed by atoms with van der Waals surface area (Å²) in [6.45, 7) is 6.63. The third-order valence-corrected chi connectivity index (χ3v) is 4.28. The van der Waals surface area contributed by atoms with E-state index in [-0.39, 0.29) is 0 Å². The fourth-order valence-electron chi connectivity index (χ4n) is 2.19. The first kappa shape index (κ1) is 10.9. The highest BCUT2D eigenvalue weighted by Gasteiger charge is 2.23. The zero-order chi connectivity index (χ0) is 10.8. The number of aryl methyl sites for hydroxylation is 2. The van der Waals surface area contributed by atoms with Crippen molar-refractivity contribution >= 4 is 17.4 Å². The Labute approximate surface area is 96.7 Å². The fourth-order valence-corrected chi connectivity index (χ4v) is 3.39. The first-order valence-electron chi connectivity index (χ1n) is 5.61. The van der Waals surface area contributed by atoms with Crippen LogP contribution in [0.1, 0.15) is 24.5 Å². The van der Waals surface area contributed by atoms with Crippen LogP contribution in [0.2, 0.25) is 0 Å². The number of thioether (sulfide) groups is 1. The number of benzene rings is 1. The molecule has 2 atom stereocenters. The van der Waals surface area contributed by atoms with Crippen LogP contribution in [-0.4, -0.2) is 17.0 Å². The lowest BCUT2D eigenvalue weighted by Crippen LogP contribution is -2.24. The number of hydrogen-bond acceptors (Lipinski definition) is 2. The minimum atomic E-state index is 0.649. The zero-order valence-electron chi connectivity index (χ0n) is 9.71. The second-order valence-corrected chi connectivity index (χ2v) is 5.98. The van der Waals surface area contributed by atoms with Crippen molar-refractivity contribution in [1.82, 2.24) is 0 Å². The zero-order valence-corrected chi connectivity index (χ0v) is 10.5. The SMILES string of the molecule is Cc1cc(C)cc(NC2CCSC2C)c1. The summed E-state index contributed by atoms with van der Waals surface area (Å²) in [7, 11) is 0. The molecule has 1 nitrogen and oxygen atoms in total. The molecule has 1 aliphatic heterocycles. The summed E-state index contributed by atoms with van der Waals surface area (Å²) in [6, 6.07) is 7.35. The van der Waals surface area contributed by atoms with E-state index in [9.17, 15) is 0 Å². The Bertz CT molecular complexity index is 328. The van der Waals surface area contributed by atoms with Crippen LogP contribution in [0.5, 0.6) is 0 Å². The largest absolute Gasteiger partial charge is 0.381 e. The van der Waals surface area contributed by atoms with Crippen LogP contribution in [0.4, 0.5) is 5.69 Å². The minimum Gasteiger partial charge on any atom is -0.381 e. The van der Waals surface area contributed by atoms with E-state index in [0.717, 1.165) is 5.25 Å². The van der Waals surface area contributed by atoms with E-state index >= 15 is 0 Å². The molecule has 1 N–H and O–H groups in total. The highest BCUT2D eigenvalue weighted by molar-refractivity contribution is 8.00. The lowest BCUT2D eigenvalue weighted by Gasteiger charge is -2.18. The Morgan fingerprint density at radius 2 is 1.87 bits per heavy atom. The van der Waals surface area contributed by atoms with Crippen molar-refractivity contribution in [2.24, 2.45) is 0 Å². The third-order valence-electron chi connectivity index (χ3n) is 2.95. The molecule has 1 saturated heterocycles. The van der Waals surface area contributed by atoms with Gasteiger partial charge in [-0.2, -0.15) is 11.8 Å². The first-order chi connectivity index (χ1) is 7.15. The molecule has 0 amide bonds. The van der Waals surface area contributed by atoms with E-state index in [2.05, 4.69) is 56.0 Å². The average Bonchev–Trinajstić information content (AvgIpc) is 2.50. The van der Waals surface area contributed by atoms with E-state index < -0.39 is 0 Å². The highest BCUT2D eigenvalue weighted by atomic mass is 32.2. The Hall–Kier alpha value is -0.630. The van der Waals surface area contributed by atoms with Gasteiger partial charge in [-0.1, -0.05) is 13.0 Å². The topological polar surface area (TPSA) is 12.0 Å². The van der Waals surface area contributed by atoms with Crippen LogP contribution in [0.3, 0.4) is 0 Å². The molecule has 2 rings (SSSR count). The second kappa shape index (κ2) is 4.48. The summed E-state index contributed by atoms with van der Waals surface area (Å²) in [6.07, 6.45) is 1.29. The van der Waals surface area contributed by atoms with E-state index in [1.165, 1.54) is 29.0 Å². The number of anilines is 1. The first-order valence-corrected chi connectivity index (χ1v) is 6.66. The molecule has 0 saturated carbocycles. The van der Waals surface area contributed by atoms with Gasteiger partial charge in [0.2, 0.25) is 0 Å². The van der Waals surface area contributed by atoms with Gasteiger partial charge in [-0.05, 0) is 49.3 Å². The number of nitrogens with one attached hydrogen (secondary N) is 1. The molecule has 0 spiro atoms. The Balaban J connectivity index is 2.10. The van der Waals surface area contributed by atoms with Crippen molar-refractivity contribution in [3.63, 3.8) is 0 Å². The molecular weight excluding hydrogens is 202 g/mol. The maximum atomic E-state index is 3.65. The van der Waals surface area contributed by atoms with Crippen molar-refractivity contribution in [3.8, 4) is 0 Å². The molecule has 0 radical (unpaired) electrons. The molecule has 15 heavy (non-hydrogen) atoms. The van der Waals surface area contributed by atoms with Gasteiger partial charge in [-0.15, -0.1) is 0 Å². The number of rotatable bonds is 2. The van der Waals surface area contributed by atoms with Crippen LogP contribution >= 0.6 is 11.8 Å². The standard InChI is InChI=1S/C13H19NS/c1-9-6-10(2)8-12(7-9)14-13-4-5-15-11(13)3/h6-8,11,13-14H,4-5H2,1-3H3. The molecule has 0 aliphatic carbocycles. The van der Waals surface area contributed by atoms with E-state index in [1.807, 2.05) is 0 Å². The molecule has 1 aromatic carbocycles. The maximum absolute atomic E-state index is 3.65. The lowest BCUT2D eigenvalue weighted by molar-refractivity contribution is 0.724. The van der Waals surface area contributed by atoms with Gasteiger partial charge in [0.15, 0.2) is 0 Å². The van der Waals surface area contributed by atoms with Crippen molar-refractivity contribution < 1.29 is 0 Å². The quantitative estimate of drug-likeness (QED) is 0.819. The molecule has 2 unspecified atom stereocenters. The van der Waals surface area contributed by atoms with Gasteiger partial charge in [-0.3, -0.25) is 0 Å². The van der Waals surface area contributed by atoms with Crippen molar-refractivity contribution in [2.45, 2.75) is 38.5 Å². The summed E-state index contributed by atoms with van der Waals surface area (Å²) < 4.78 is 0. The van der Waals surface area contributed by atoms with Crippen molar-refractivity contribution in [1.29, 1.82) is 0 Å². The molecule has 0 aromatic heterocycles. The van der Waals surface area contributed by atoms with Crippen LogP contribution in [-0.2, 0) is 0 Å². The minimum absolute atomic E-state index is 0.649. The molecule has 2 heteroatoms. The van der Waals surface area contributed by atoms with Gasteiger partial charge in [0.05, 0.1) is 0 Å². The van der Waals surface area contributed by atoms with Crippen molar-refractivity contribution in [2.75, 3.05) is 11.1 Å². The van der Waals surface area contributed by atoms with Crippen molar-refractivity contribution in [3.05, 3.63) is 29.3 Å². The van der Waals surface area contributed by atoms with Crippen LogP contribution in [0.15, 0.2) is 18.2 Å². The molecule has 82 valence electrons. The lowest BCUT2D eigenvalue weighted by atomic mass is 10.1. The fraction of sp³-hybridized carbons (Fsp3) is 0.538. The Morgan fingerprint density at radius 1 is 1.20 bits per heavy atom. The molecule has 0 bridgehead atoms. The summed E-state index contributed by atoms with van der Waals surface area (Å²) in [5.41, 5.74) is 3.97. The Morgan fingerprint density at radius 3 is 2.40 bits per heavy atom. The predicted octanol–water partition coefficient (Wildman–Crippen LogP) is 3.61. The van der Waals surface area contributed by atoms with Gasteiger partial charge < -0.3 is 5.32 Å².